The molecular formula is C8H5Br2N. The topological polar surface area (TPSA) is 15.8 Å². The number of hydrogen-bond donors (Lipinski definition) is 1. The number of fused-ring (bicyclic) bond motifs is 1. The van der Waals surface area contributed by atoms with Gasteiger partial charge in [0.15, 0.2) is 0 Å². The summed E-state index contributed by atoms with van der Waals surface area (Å²) in [7, 11) is 0. The van der Waals surface area contributed by atoms with Gasteiger partial charge in [0, 0.05) is 26.0 Å². The first-order chi connectivity index (χ1) is 5.27. The number of hydrogen-bond acceptors (Lipinski definition) is 0. The van der Waals surface area contributed by atoms with Crippen molar-refractivity contribution >= 4 is 42.8 Å². The largest absolute Gasteiger partial charge is 0.361 e. The molecule has 0 unspecified atom stereocenters. The summed E-state index contributed by atoms with van der Waals surface area (Å²) in [5.74, 6) is 0. The lowest BCUT2D eigenvalue weighted by Gasteiger charge is -1.95. The van der Waals surface area contributed by atoms with E-state index in [-0.39, 0.29) is 0 Å². The Morgan fingerprint density at radius 3 is 2.64 bits per heavy atom. The molecule has 0 fully saturated rings. The Morgan fingerprint density at radius 2 is 1.82 bits per heavy atom. The van der Waals surface area contributed by atoms with Crippen molar-refractivity contribution in [1.82, 2.24) is 4.98 Å². The highest BCUT2D eigenvalue weighted by molar-refractivity contribution is 9.13. The van der Waals surface area contributed by atoms with Crippen LogP contribution in [0.1, 0.15) is 0 Å². The highest BCUT2D eigenvalue weighted by atomic mass is 79.9. The molecule has 1 aromatic heterocycles. The average Bonchev–Trinajstić information content (AvgIpc) is 2.36. The van der Waals surface area contributed by atoms with E-state index >= 15 is 0 Å². The fraction of sp³-hybridized carbons (Fsp3) is 0. The summed E-state index contributed by atoms with van der Waals surface area (Å²) < 4.78 is 2.16. The van der Waals surface area contributed by atoms with Crippen molar-refractivity contribution in [2.45, 2.75) is 0 Å². The molecule has 56 valence electrons. The van der Waals surface area contributed by atoms with Gasteiger partial charge in [-0.15, -0.1) is 0 Å². The van der Waals surface area contributed by atoms with Crippen molar-refractivity contribution in [3.05, 3.63) is 33.3 Å². The van der Waals surface area contributed by atoms with Crippen LogP contribution in [0, 0.1) is 0 Å². The van der Waals surface area contributed by atoms with Crippen LogP contribution in [-0.4, -0.2) is 4.98 Å². The minimum atomic E-state index is 1.08. The molecule has 11 heavy (non-hydrogen) atoms. The maximum Gasteiger partial charge on any atom is 0.0466 e. The molecule has 0 aliphatic rings. The molecule has 0 spiro atoms. The SMILES string of the molecule is Brc1cc2cc[nH]c2cc1Br. The molecule has 1 N–H and O–H groups in total. The van der Waals surface area contributed by atoms with E-state index in [1.807, 2.05) is 12.3 Å². The zero-order chi connectivity index (χ0) is 7.84. The maximum atomic E-state index is 3.44. The van der Waals surface area contributed by atoms with E-state index in [0.29, 0.717) is 0 Å². The number of aromatic nitrogens is 1. The van der Waals surface area contributed by atoms with Gasteiger partial charge < -0.3 is 4.98 Å². The molecule has 0 atom stereocenters. The van der Waals surface area contributed by atoms with Crippen molar-refractivity contribution in [2.24, 2.45) is 0 Å². The van der Waals surface area contributed by atoms with E-state index in [4.69, 9.17) is 0 Å². The fourth-order valence-electron chi connectivity index (χ4n) is 1.05. The highest BCUT2D eigenvalue weighted by Crippen LogP contribution is 2.27. The number of H-pyrrole nitrogens is 1. The molecule has 1 heterocycles. The van der Waals surface area contributed by atoms with Crippen molar-refractivity contribution in [1.29, 1.82) is 0 Å². The second-order valence-corrected chi connectivity index (χ2v) is 4.04. The predicted molar refractivity (Wildman–Crippen MR) is 53.7 cm³/mol. The van der Waals surface area contributed by atoms with Gasteiger partial charge in [-0.05, 0) is 50.1 Å². The monoisotopic (exact) mass is 273 g/mol. The van der Waals surface area contributed by atoms with Gasteiger partial charge in [-0.2, -0.15) is 0 Å². The van der Waals surface area contributed by atoms with E-state index in [9.17, 15) is 0 Å². The molecule has 2 rings (SSSR count). The maximum absolute atomic E-state index is 3.44. The van der Waals surface area contributed by atoms with Crippen molar-refractivity contribution in [3.8, 4) is 0 Å². The zero-order valence-corrected chi connectivity index (χ0v) is 8.74. The summed E-state index contributed by atoms with van der Waals surface area (Å²) in [5, 5.41) is 1.22. The Hall–Kier alpha value is -0.280. The van der Waals surface area contributed by atoms with Crippen LogP contribution in [-0.2, 0) is 0 Å². The molecule has 0 radical (unpaired) electrons. The Bertz CT molecular complexity index is 356. The van der Waals surface area contributed by atoms with Crippen LogP contribution in [0.3, 0.4) is 0 Å². The predicted octanol–water partition coefficient (Wildman–Crippen LogP) is 3.69. The van der Waals surface area contributed by atoms with Crippen LogP contribution in [0.4, 0.5) is 0 Å². The third kappa shape index (κ3) is 1.23. The average molecular weight is 275 g/mol. The van der Waals surface area contributed by atoms with Gasteiger partial charge in [-0.25, -0.2) is 0 Å². The Morgan fingerprint density at radius 1 is 1.09 bits per heavy atom. The standard InChI is InChI=1S/C8H5Br2N/c9-6-3-5-1-2-11-8(5)4-7(6)10/h1-4,11H. The van der Waals surface area contributed by atoms with Crippen molar-refractivity contribution in [2.75, 3.05) is 0 Å². The number of rotatable bonds is 0. The van der Waals surface area contributed by atoms with E-state index in [2.05, 4.69) is 49.0 Å². The second-order valence-electron chi connectivity index (χ2n) is 2.33. The zero-order valence-electron chi connectivity index (χ0n) is 5.57. The van der Waals surface area contributed by atoms with E-state index in [1.54, 1.807) is 0 Å². The van der Waals surface area contributed by atoms with Crippen molar-refractivity contribution in [3.63, 3.8) is 0 Å². The molecule has 0 saturated carbocycles. The van der Waals surface area contributed by atoms with Gasteiger partial charge in [0.05, 0.1) is 0 Å². The van der Waals surface area contributed by atoms with Gasteiger partial charge in [-0.1, -0.05) is 0 Å². The van der Waals surface area contributed by atoms with Crippen molar-refractivity contribution < 1.29 is 0 Å². The lowest BCUT2D eigenvalue weighted by atomic mass is 10.3. The molecule has 0 aliphatic carbocycles. The highest BCUT2D eigenvalue weighted by Gasteiger charge is 1.99. The van der Waals surface area contributed by atoms with Crippen LogP contribution < -0.4 is 0 Å². The Balaban J connectivity index is 2.86. The number of nitrogens with one attached hydrogen (secondary N) is 1. The lowest BCUT2D eigenvalue weighted by molar-refractivity contribution is 1.47. The third-order valence-electron chi connectivity index (χ3n) is 1.59. The van der Waals surface area contributed by atoms with Crippen LogP contribution in [0.5, 0.6) is 0 Å². The van der Waals surface area contributed by atoms with Gasteiger partial charge >= 0.3 is 0 Å². The summed E-state index contributed by atoms with van der Waals surface area (Å²) in [6, 6.07) is 6.18. The number of aromatic amines is 1. The van der Waals surface area contributed by atoms with Gasteiger partial charge in [0.25, 0.3) is 0 Å². The summed E-state index contributed by atoms with van der Waals surface area (Å²) in [4.78, 5) is 3.14. The molecule has 2 aromatic rings. The summed E-state index contributed by atoms with van der Waals surface area (Å²) in [6.07, 6.45) is 1.93. The fourth-order valence-corrected chi connectivity index (χ4v) is 1.75. The normalized spacial score (nSPS) is 10.7. The van der Waals surface area contributed by atoms with E-state index in [0.717, 1.165) is 14.5 Å². The quantitative estimate of drug-likeness (QED) is 0.754. The molecule has 0 aliphatic heterocycles. The van der Waals surface area contributed by atoms with Crippen LogP contribution in [0.15, 0.2) is 33.3 Å². The Labute approximate surface area is 81.1 Å². The van der Waals surface area contributed by atoms with Gasteiger partial charge in [-0.3, -0.25) is 0 Å². The van der Waals surface area contributed by atoms with Gasteiger partial charge in [0.2, 0.25) is 0 Å². The minimum absolute atomic E-state index is 1.08. The number of halogens is 2. The molecule has 0 bridgehead atoms. The summed E-state index contributed by atoms with van der Waals surface area (Å²) in [5.41, 5.74) is 1.15. The first-order valence-corrected chi connectivity index (χ1v) is 4.78. The Kier molecular flexibility index (Phi) is 1.77. The minimum Gasteiger partial charge on any atom is -0.361 e. The molecule has 0 saturated heterocycles. The molecular weight excluding hydrogens is 270 g/mol. The first-order valence-electron chi connectivity index (χ1n) is 3.19. The third-order valence-corrected chi connectivity index (χ3v) is 3.44. The molecule has 3 heteroatoms. The van der Waals surface area contributed by atoms with Crippen LogP contribution in [0.2, 0.25) is 0 Å². The van der Waals surface area contributed by atoms with E-state index < -0.39 is 0 Å². The lowest BCUT2D eigenvalue weighted by Crippen LogP contribution is -1.70. The molecule has 0 amide bonds. The van der Waals surface area contributed by atoms with Gasteiger partial charge in [0.1, 0.15) is 0 Å². The molecule has 1 nitrogen and oxygen atoms in total. The summed E-state index contributed by atoms with van der Waals surface area (Å²) >= 11 is 6.87. The number of benzene rings is 1. The second kappa shape index (κ2) is 2.64. The first kappa shape index (κ1) is 7.37. The smallest absolute Gasteiger partial charge is 0.0466 e. The van der Waals surface area contributed by atoms with Crippen LogP contribution >= 0.6 is 31.9 Å². The van der Waals surface area contributed by atoms with E-state index in [1.165, 1.54) is 5.39 Å². The van der Waals surface area contributed by atoms with Crippen LogP contribution in [0.25, 0.3) is 10.9 Å². The molecule has 1 aromatic carbocycles. The summed E-state index contributed by atoms with van der Waals surface area (Å²) in [6.45, 7) is 0.